The summed E-state index contributed by atoms with van der Waals surface area (Å²) in [6.07, 6.45) is 8.20. The molecule has 0 bridgehead atoms. The van der Waals surface area contributed by atoms with Crippen LogP contribution in [0.2, 0.25) is 0 Å². The van der Waals surface area contributed by atoms with E-state index in [-0.39, 0.29) is 6.01 Å². The molecule has 0 spiro atoms. The molecule has 1 fully saturated rings. The molecule has 0 radical (unpaired) electrons. The molecule has 0 aliphatic heterocycles. The number of fused-ring (bicyclic) bond motifs is 2. The molecule has 0 N–H and O–H groups in total. The Balaban J connectivity index is 1.42. The molecule has 1 aliphatic carbocycles. The molecule has 8 nitrogen and oxygen atoms in total. The van der Waals surface area contributed by atoms with Gasteiger partial charge in [-0.15, -0.1) is 0 Å². The van der Waals surface area contributed by atoms with E-state index in [1.807, 2.05) is 23.0 Å². The van der Waals surface area contributed by atoms with Gasteiger partial charge in [0.05, 0.1) is 31.0 Å². The summed E-state index contributed by atoms with van der Waals surface area (Å²) in [5.74, 6) is 1.20. The lowest BCUT2D eigenvalue weighted by Crippen LogP contribution is -2.02. The maximum absolute atomic E-state index is 5.48. The van der Waals surface area contributed by atoms with E-state index in [9.17, 15) is 0 Å². The standard InChI is InChI=1S/C24H20N6O2/c1-31-23-19(13-27-24(28-23)32-2)21-12-18(22-26-8-9-30(22)29-21)17-11-16(17)15-6-5-14-4-3-7-25-20(14)10-15/h3-10,12-13,16-17H,11H2,1-2H3/t16-,17+/m1/s1. The summed E-state index contributed by atoms with van der Waals surface area (Å²) in [5.41, 5.74) is 5.79. The van der Waals surface area contributed by atoms with Gasteiger partial charge in [0.1, 0.15) is 0 Å². The predicted octanol–water partition coefficient (Wildman–Crippen LogP) is 4.02. The lowest BCUT2D eigenvalue weighted by atomic mass is 10.0. The molecule has 5 aromatic rings. The minimum atomic E-state index is 0.252. The molecule has 0 unspecified atom stereocenters. The van der Waals surface area contributed by atoms with E-state index in [1.165, 1.54) is 12.7 Å². The van der Waals surface area contributed by atoms with Crippen molar-refractivity contribution in [2.75, 3.05) is 14.2 Å². The number of rotatable bonds is 5. The summed E-state index contributed by atoms with van der Waals surface area (Å²) in [6, 6.07) is 12.9. The van der Waals surface area contributed by atoms with Crippen LogP contribution >= 0.6 is 0 Å². The molecule has 4 aromatic heterocycles. The number of hydrogen-bond donors (Lipinski definition) is 0. The van der Waals surface area contributed by atoms with Gasteiger partial charge in [-0.25, -0.2) is 14.5 Å². The van der Waals surface area contributed by atoms with Gasteiger partial charge in [0.2, 0.25) is 5.88 Å². The van der Waals surface area contributed by atoms with E-state index in [1.54, 1.807) is 19.5 Å². The maximum Gasteiger partial charge on any atom is 0.319 e. The quantitative estimate of drug-likeness (QED) is 0.421. The molecule has 0 amide bonds. The fourth-order valence-corrected chi connectivity index (χ4v) is 4.35. The van der Waals surface area contributed by atoms with E-state index in [2.05, 4.69) is 50.3 Å². The van der Waals surface area contributed by atoms with Gasteiger partial charge in [-0.3, -0.25) is 4.98 Å². The summed E-state index contributed by atoms with van der Waals surface area (Å²) in [6.45, 7) is 0. The van der Waals surface area contributed by atoms with E-state index >= 15 is 0 Å². The van der Waals surface area contributed by atoms with E-state index in [0.29, 0.717) is 23.3 Å². The molecule has 1 aromatic carbocycles. The number of pyridine rings is 1. The number of benzene rings is 1. The number of aromatic nitrogens is 6. The first-order valence-electron chi connectivity index (χ1n) is 10.4. The van der Waals surface area contributed by atoms with Gasteiger partial charge in [0, 0.05) is 35.7 Å². The number of hydrogen-bond acceptors (Lipinski definition) is 7. The lowest BCUT2D eigenvalue weighted by molar-refractivity contribution is 0.353. The molecule has 1 saturated carbocycles. The summed E-state index contributed by atoms with van der Waals surface area (Å²) < 4.78 is 12.4. The van der Waals surface area contributed by atoms with Crippen molar-refractivity contribution in [1.82, 2.24) is 29.5 Å². The minimum absolute atomic E-state index is 0.252. The fourth-order valence-electron chi connectivity index (χ4n) is 4.35. The summed E-state index contributed by atoms with van der Waals surface area (Å²) in [4.78, 5) is 17.6. The highest BCUT2D eigenvalue weighted by Crippen LogP contribution is 2.56. The zero-order valence-electron chi connectivity index (χ0n) is 17.6. The van der Waals surface area contributed by atoms with Gasteiger partial charge >= 0.3 is 6.01 Å². The summed E-state index contributed by atoms with van der Waals surface area (Å²) in [5, 5.41) is 5.88. The Hall–Kier alpha value is -4.07. The van der Waals surface area contributed by atoms with Crippen LogP contribution < -0.4 is 9.47 Å². The van der Waals surface area contributed by atoms with Crippen LogP contribution in [0.5, 0.6) is 11.9 Å². The SMILES string of the molecule is COc1ncc(-c2cc([C@H]3C[C@@H]3c3ccc4cccnc4c3)c3nccn3n2)c(OC)n1. The van der Waals surface area contributed by atoms with Crippen LogP contribution in [-0.2, 0) is 0 Å². The molecule has 8 heteroatoms. The maximum atomic E-state index is 5.48. The third-order valence-corrected chi connectivity index (χ3v) is 6.02. The van der Waals surface area contributed by atoms with E-state index in [4.69, 9.17) is 14.6 Å². The highest BCUT2D eigenvalue weighted by Gasteiger charge is 2.41. The molecular formula is C24H20N6O2. The molecular weight excluding hydrogens is 404 g/mol. The molecule has 0 saturated heterocycles. The molecule has 6 rings (SSSR count). The van der Waals surface area contributed by atoms with Crippen molar-refractivity contribution in [2.24, 2.45) is 0 Å². The van der Waals surface area contributed by atoms with E-state index in [0.717, 1.165) is 34.2 Å². The van der Waals surface area contributed by atoms with Crippen LogP contribution in [0.15, 0.2) is 61.2 Å². The Morgan fingerprint density at radius 2 is 1.91 bits per heavy atom. The third-order valence-electron chi connectivity index (χ3n) is 6.02. The molecule has 2 atom stereocenters. The van der Waals surface area contributed by atoms with Crippen LogP contribution in [0.25, 0.3) is 27.8 Å². The topological polar surface area (TPSA) is 87.3 Å². The zero-order chi connectivity index (χ0) is 21.7. The normalized spacial score (nSPS) is 17.6. The van der Waals surface area contributed by atoms with Gasteiger partial charge in [0.15, 0.2) is 5.65 Å². The lowest BCUT2D eigenvalue weighted by Gasteiger charge is -2.11. The van der Waals surface area contributed by atoms with Crippen molar-refractivity contribution < 1.29 is 9.47 Å². The summed E-state index contributed by atoms with van der Waals surface area (Å²) >= 11 is 0. The Bertz CT molecular complexity index is 1460. The van der Waals surface area contributed by atoms with Crippen LogP contribution in [0.4, 0.5) is 0 Å². The first kappa shape index (κ1) is 18.7. The van der Waals surface area contributed by atoms with Crippen LogP contribution in [0, 0.1) is 0 Å². The average Bonchev–Trinajstić information content (AvgIpc) is 3.50. The zero-order valence-corrected chi connectivity index (χ0v) is 17.6. The van der Waals surface area contributed by atoms with Crippen molar-refractivity contribution in [2.45, 2.75) is 18.3 Å². The van der Waals surface area contributed by atoms with Gasteiger partial charge in [0.25, 0.3) is 0 Å². The van der Waals surface area contributed by atoms with Gasteiger partial charge < -0.3 is 9.47 Å². The minimum Gasteiger partial charge on any atom is -0.480 e. The first-order chi connectivity index (χ1) is 15.7. The van der Waals surface area contributed by atoms with Gasteiger partial charge in [-0.1, -0.05) is 18.2 Å². The van der Waals surface area contributed by atoms with Crippen molar-refractivity contribution in [3.8, 4) is 23.1 Å². The smallest absolute Gasteiger partial charge is 0.319 e. The number of ether oxygens (including phenoxy) is 2. The Kier molecular flexibility index (Phi) is 4.24. The molecule has 158 valence electrons. The predicted molar refractivity (Wildman–Crippen MR) is 119 cm³/mol. The number of methoxy groups -OCH3 is 2. The van der Waals surface area contributed by atoms with Crippen molar-refractivity contribution >= 4 is 16.6 Å². The Morgan fingerprint density at radius 3 is 2.78 bits per heavy atom. The van der Waals surface area contributed by atoms with Crippen LogP contribution in [0.1, 0.15) is 29.4 Å². The summed E-state index contributed by atoms with van der Waals surface area (Å²) in [7, 11) is 3.10. The van der Waals surface area contributed by atoms with Crippen LogP contribution in [0.3, 0.4) is 0 Å². The third kappa shape index (κ3) is 3.03. The molecule has 4 heterocycles. The molecule has 32 heavy (non-hydrogen) atoms. The van der Waals surface area contributed by atoms with Gasteiger partial charge in [-0.05, 0) is 42.0 Å². The highest BCUT2D eigenvalue weighted by molar-refractivity contribution is 5.79. The fraction of sp³-hybridized carbons (Fsp3) is 0.208. The van der Waals surface area contributed by atoms with Gasteiger partial charge in [-0.2, -0.15) is 10.1 Å². The largest absolute Gasteiger partial charge is 0.480 e. The highest BCUT2D eigenvalue weighted by atomic mass is 16.5. The second kappa shape index (κ2) is 7.26. The number of imidazole rings is 1. The second-order valence-electron chi connectivity index (χ2n) is 7.86. The molecule has 1 aliphatic rings. The van der Waals surface area contributed by atoms with Crippen LogP contribution in [-0.4, -0.2) is 43.8 Å². The number of nitrogens with zero attached hydrogens (tertiary/aromatic N) is 6. The van der Waals surface area contributed by atoms with Crippen molar-refractivity contribution in [3.63, 3.8) is 0 Å². The van der Waals surface area contributed by atoms with Crippen molar-refractivity contribution in [3.05, 3.63) is 72.3 Å². The average molecular weight is 424 g/mol. The second-order valence-corrected chi connectivity index (χ2v) is 7.86. The first-order valence-corrected chi connectivity index (χ1v) is 10.4. The monoisotopic (exact) mass is 424 g/mol. The van der Waals surface area contributed by atoms with Crippen molar-refractivity contribution in [1.29, 1.82) is 0 Å². The Morgan fingerprint density at radius 1 is 0.969 bits per heavy atom. The van der Waals surface area contributed by atoms with E-state index < -0.39 is 0 Å². The Labute approximate surface area is 183 Å².